The summed E-state index contributed by atoms with van der Waals surface area (Å²) in [5.41, 5.74) is 1.11. The second-order valence-electron chi connectivity index (χ2n) is 9.50. The Kier molecular flexibility index (Phi) is 8.54. The van der Waals surface area contributed by atoms with Crippen molar-refractivity contribution in [3.8, 4) is 5.75 Å². The van der Waals surface area contributed by atoms with Crippen LogP contribution in [0.2, 0.25) is 0 Å². The minimum Gasteiger partial charge on any atom is -0.497 e. The Morgan fingerprint density at radius 3 is 2.52 bits per heavy atom. The maximum Gasteiger partial charge on any atom is 0.409 e. The smallest absolute Gasteiger partial charge is 0.409 e. The van der Waals surface area contributed by atoms with Gasteiger partial charge >= 0.3 is 6.09 Å². The molecule has 0 N–H and O–H groups in total. The number of carbonyl (C=O) groups excluding carboxylic acids is 2. The number of amides is 2. The lowest BCUT2D eigenvalue weighted by molar-refractivity contribution is 0.0916. The molecule has 40 heavy (non-hydrogen) atoms. The third kappa shape index (κ3) is 5.92. The van der Waals surface area contributed by atoms with Gasteiger partial charge in [-0.1, -0.05) is 11.3 Å². The fourth-order valence-corrected chi connectivity index (χ4v) is 7.20. The molecule has 214 valence electrons. The van der Waals surface area contributed by atoms with Crippen molar-refractivity contribution in [3.05, 3.63) is 48.0 Å². The van der Waals surface area contributed by atoms with Crippen molar-refractivity contribution in [1.29, 1.82) is 0 Å². The predicted molar refractivity (Wildman–Crippen MR) is 151 cm³/mol. The summed E-state index contributed by atoms with van der Waals surface area (Å²) in [5.74, 6) is 0.423. The first-order valence-electron chi connectivity index (χ1n) is 13.2. The number of sulfonamides is 1. The van der Waals surface area contributed by atoms with Gasteiger partial charge in [0, 0.05) is 38.3 Å². The number of carbonyl (C=O) groups is 2. The summed E-state index contributed by atoms with van der Waals surface area (Å²) in [6.45, 7) is 3.83. The summed E-state index contributed by atoms with van der Waals surface area (Å²) < 4.78 is 44.9. The lowest BCUT2D eigenvalue weighted by atomic mass is 10.2. The molecule has 0 radical (unpaired) electrons. The van der Waals surface area contributed by atoms with Crippen molar-refractivity contribution in [2.45, 2.75) is 30.8 Å². The Labute approximate surface area is 237 Å². The summed E-state index contributed by atoms with van der Waals surface area (Å²) >= 11 is 1.39. The highest BCUT2D eigenvalue weighted by atomic mass is 32.2. The van der Waals surface area contributed by atoms with Gasteiger partial charge in [0.1, 0.15) is 5.75 Å². The summed E-state index contributed by atoms with van der Waals surface area (Å²) in [7, 11) is -2.19. The van der Waals surface area contributed by atoms with Crippen LogP contribution in [-0.4, -0.2) is 93.8 Å². The minimum atomic E-state index is -3.79. The van der Waals surface area contributed by atoms with Crippen LogP contribution in [0.4, 0.5) is 9.93 Å². The van der Waals surface area contributed by atoms with Gasteiger partial charge in [-0.05, 0) is 62.2 Å². The van der Waals surface area contributed by atoms with Gasteiger partial charge in [0.15, 0.2) is 5.13 Å². The van der Waals surface area contributed by atoms with E-state index in [-0.39, 0.29) is 49.7 Å². The maximum absolute atomic E-state index is 13.8. The zero-order valence-corrected chi connectivity index (χ0v) is 24.1. The maximum atomic E-state index is 13.8. The molecule has 3 heterocycles. The zero-order chi connectivity index (χ0) is 28.3. The number of nitrogens with zero attached hydrogens (tertiary/aromatic N) is 4. The lowest BCUT2D eigenvalue weighted by Crippen LogP contribution is -2.50. The van der Waals surface area contributed by atoms with Crippen LogP contribution < -0.4 is 9.64 Å². The van der Waals surface area contributed by atoms with Gasteiger partial charge in [-0.2, -0.15) is 4.31 Å². The van der Waals surface area contributed by atoms with E-state index in [1.807, 2.05) is 18.2 Å². The molecule has 2 amide bonds. The second kappa shape index (κ2) is 12.1. The molecule has 1 atom stereocenters. The Morgan fingerprint density at radius 1 is 1.12 bits per heavy atom. The SMILES string of the molecule is CCOC(=O)N1CCN(S(=O)(=O)c2ccc(C(=O)N(CC3CCCO3)c3nc4ccc(OC)cc4s3)cc2)CC1. The molecule has 2 aliphatic rings. The number of hydrogen-bond acceptors (Lipinski definition) is 9. The zero-order valence-electron chi connectivity index (χ0n) is 22.4. The first kappa shape index (κ1) is 28.3. The van der Waals surface area contributed by atoms with Crippen LogP contribution in [0.3, 0.4) is 0 Å². The lowest BCUT2D eigenvalue weighted by Gasteiger charge is -2.33. The van der Waals surface area contributed by atoms with Crippen molar-refractivity contribution < 1.29 is 32.2 Å². The van der Waals surface area contributed by atoms with Gasteiger partial charge in [-0.25, -0.2) is 18.2 Å². The number of aromatic nitrogens is 1. The van der Waals surface area contributed by atoms with Crippen molar-refractivity contribution in [2.75, 3.05) is 57.9 Å². The highest BCUT2D eigenvalue weighted by molar-refractivity contribution is 7.89. The Bertz CT molecular complexity index is 1460. The van der Waals surface area contributed by atoms with E-state index in [1.165, 1.54) is 44.8 Å². The van der Waals surface area contributed by atoms with E-state index in [1.54, 1.807) is 18.9 Å². The average molecular weight is 589 g/mol. The second-order valence-corrected chi connectivity index (χ2v) is 12.4. The van der Waals surface area contributed by atoms with Crippen LogP contribution >= 0.6 is 11.3 Å². The summed E-state index contributed by atoms with van der Waals surface area (Å²) in [5, 5.41) is 0.542. The number of thiazole rings is 1. The van der Waals surface area contributed by atoms with Crippen LogP contribution in [0.5, 0.6) is 5.75 Å². The van der Waals surface area contributed by atoms with E-state index in [9.17, 15) is 18.0 Å². The van der Waals surface area contributed by atoms with E-state index in [0.29, 0.717) is 29.6 Å². The van der Waals surface area contributed by atoms with E-state index in [2.05, 4.69) is 0 Å². The van der Waals surface area contributed by atoms with Crippen LogP contribution in [0, 0.1) is 0 Å². The molecule has 1 unspecified atom stereocenters. The van der Waals surface area contributed by atoms with Gasteiger partial charge in [0.05, 0.1) is 41.5 Å². The molecule has 13 heteroatoms. The highest BCUT2D eigenvalue weighted by Crippen LogP contribution is 2.33. The Morgan fingerprint density at radius 2 is 1.88 bits per heavy atom. The van der Waals surface area contributed by atoms with Crippen molar-refractivity contribution in [2.24, 2.45) is 0 Å². The highest BCUT2D eigenvalue weighted by Gasteiger charge is 2.32. The van der Waals surface area contributed by atoms with Gasteiger partial charge < -0.3 is 19.1 Å². The molecule has 11 nitrogen and oxygen atoms in total. The van der Waals surface area contributed by atoms with E-state index in [4.69, 9.17) is 19.2 Å². The number of anilines is 1. The molecule has 0 aliphatic carbocycles. The number of hydrogen-bond donors (Lipinski definition) is 0. The van der Waals surface area contributed by atoms with Crippen LogP contribution in [-0.2, 0) is 19.5 Å². The first-order chi connectivity index (χ1) is 19.3. The van der Waals surface area contributed by atoms with Gasteiger partial charge in [-0.3, -0.25) is 9.69 Å². The van der Waals surface area contributed by atoms with Crippen LogP contribution in [0.25, 0.3) is 10.2 Å². The molecular weight excluding hydrogens is 556 g/mol. The number of methoxy groups -OCH3 is 1. The number of rotatable bonds is 8. The third-order valence-electron chi connectivity index (χ3n) is 6.97. The van der Waals surface area contributed by atoms with Crippen molar-refractivity contribution >= 4 is 48.7 Å². The average Bonchev–Trinajstić information content (AvgIpc) is 3.65. The quantitative estimate of drug-likeness (QED) is 0.392. The van der Waals surface area contributed by atoms with Gasteiger partial charge in [0.2, 0.25) is 10.0 Å². The molecule has 0 bridgehead atoms. The molecule has 3 aromatic rings. The molecule has 1 aromatic heterocycles. The molecule has 2 aliphatic heterocycles. The number of benzene rings is 2. The molecule has 2 aromatic carbocycles. The standard InChI is InChI=1S/C27H32N4O7S2/c1-3-37-27(33)29-12-14-30(15-13-29)40(34,35)22-9-6-19(7-10-22)25(32)31(18-21-5-4-16-38-21)26-28-23-11-8-20(36-2)17-24(23)39-26/h6-11,17,21H,3-5,12-16,18H2,1-2H3. The molecular formula is C27H32N4O7S2. The molecule has 0 saturated carbocycles. The van der Waals surface area contributed by atoms with Gasteiger partial charge in [-0.15, -0.1) is 0 Å². The molecule has 5 rings (SSSR count). The topological polar surface area (TPSA) is 119 Å². The normalized spacial score (nSPS) is 18.1. The van der Waals surface area contributed by atoms with Gasteiger partial charge in [0.25, 0.3) is 5.91 Å². The minimum absolute atomic E-state index is 0.0893. The fraction of sp³-hybridized carbons (Fsp3) is 0.444. The van der Waals surface area contributed by atoms with Crippen molar-refractivity contribution in [3.63, 3.8) is 0 Å². The summed E-state index contributed by atoms with van der Waals surface area (Å²) in [6.07, 6.45) is 1.24. The molecule has 2 saturated heterocycles. The fourth-order valence-electron chi connectivity index (χ4n) is 4.78. The van der Waals surface area contributed by atoms with Crippen molar-refractivity contribution in [1.82, 2.24) is 14.2 Å². The number of ether oxygens (including phenoxy) is 3. The third-order valence-corrected chi connectivity index (χ3v) is 9.93. The van der Waals surface area contributed by atoms with E-state index in [0.717, 1.165) is 23.1 Å². The van der Waals surface area contributed by atoms with E-state index >= 15 is 0 Å². The van der Waals surface area contributed by atoms with E-state index < -0.39 is 16.1 Å². The summed E-state index contributed by atoms with van der Waals surface area (Å²) in [6, 6.07) is 11.5. The van der Waals surface area contributed by atoms with Crippen LogP contribution in [0.1, 0.15) is 30.1 Å². The molecule has 2 fully saturated rings. The first-order valence-corrected chi connectivity index (χ1v) is 15.5. The monoisotopic (exact) mass is 588 g/mol. The number of fused-ring (bicyclic) bond motifs is 1. The molecule has 0 spiro atoms. The Balaban J connectivity index is 1.34. The predicted octanol–water partition coefficient (Wildman–Crippen LogP) is 3.59. The Hall–Kier alpha value is -3.26. The summed E-state index contributed by atoms with van der Waals surface area (Å²) in [4.78, 5) is 33.6. The largest absolute Gasteiger partial charge is 0.497 e. The van der Waals surface area contributed by atoms with Crippen LogP contribution in [0.15, 0.2) is 47.4 Å². The number of piperazine rings is 1.